The van der Waals surface area contributed by atoms with E-state index < -0.39 is 24.5 Å². The van der Waals surface area contributed by atoms with Gasteiger partial charge in [0.25, 0.3) is 5.91 Å². The standard InChI is InChI=1S/C11H12BrNO5/c1-18-9-3-2-6(4-7(9)12)10(15)13-8(5-14)11(16)17/h2-4,8,14H,5H2,1H3,(H,13,15)(H,16,17). The van der Waals surface area contributed by atoms with Gasteiger partial charge in [-0.3, -0.25) is 4.79 Å². The summed E-state index contributed by atoms with van der Waals surface area (Å²) in [5.41, 5.74) is 0.266. The molecule has 1 atom stereocenters. The van der Waals surface area contributed by atoms with E-state index in [0.29, 0.717) is 10.2 Å². The number of aliphatic hydroxyl groups is 1. The lowest BCUT2D eigenvalue weighted by Crippen LogP contribution is -2.43. The van der Waals surface area contributed by atoms with E-state index in [1.54, 1.807) is 6.07 Å². The second kappa shape index (κ2) is 6.36. The molecule has 18 heavy (non-hydrogen) atoms. The minimum atomic E-state index is -1.32. The molecule has 1 rings (SSSR count). The van der Waals surface area contributed by atoms with Crippen molar-refractivity contribution in [3.63, 3.8) is 0 Å². The molecule has 0 radical (unpaired) electrons. The third-order valence-electron chi connectivity index (χ3n) is 2.20. The number of halogens is 1. The molecule has 1 aromatic rings. The number of hydrogen-bond donors (Lipinski definition) is 3. The summed E-state index contributed by atoms with van der Waals surface area (Å²) in [5, 5.41) is 19.7. The highest BCUT2D eigenvalue weighted by molar-refractivity contribution is 9.10. The van der Waals surface area contributed by atoms with Crippen molar-refractivity contribution in [2.24, 2.45) is 0 Å². The Balaban J connectivity index is 2.84. The molecule has 0 saturated heterocycles. The SMILES string of the molecule is COc1ccc(C(=O)NC(CO)C(=O)O)cc1Br. The van der Waals surface area contributed by atoms with Crippen LogP contribution in [0.3, 0.4) is 0 Å². The van der Waals surface area contributed by atoms with Crippen LogP contribution in [0.2, 0.25) is 0 Å². The Kier molecular flexibility index (Phi) is 5.11. The summed E-state index contributed by atoms with van der Waals surface area (Å²) in [6.07, 6.45) is 0. The van der Waals surface area contributed by atoms with Crippen molar-refractivity contribution in [1.82, 2.24) is 5.32 Å². The Labute approximate surface area is 112 Å². The van der Waals surface area contributed by atoms with E-state index in [2.05, 4.69) is 21.2 Å². The molecular weight excluding hydrogens is 306 g/mol. The van der Waals surface area contributed by atoms with Crippen LogP contribution in [0.25, 0.3) is 0 Å². The third kappa shape index (κ3) is 3.44. The van der Waals surface area contributed by atoms with Crippen molar-refractivity contribution in [3.05, 3.63) is 28.2 Å². The van der Waals surface area contributed by atoms with Crippen molar-refractivity contribution in [3.8, 4) is 5.75 Å². The van der Waals surface area contributed by atoms with E-state index in [-0.39, 0.29) is 5.56 Å². The van der Waals surface area contributed by atoms with E-state index in [9.17, 15) is 9.59 Å². The number of aliphatic hydroxyl groups excluding tert-OH is 1. The van der Waals surface area contributed by atoms with Crippen LogP contribution in [0.1, 0.15) is 10.4 Å². The largest absolute Gasteiger partial charge is 0.496 e. The summed E-state index contributed by atoms with van der Waals surface area (Å²) in [6.45, 7) is -0.668. The molecule has 0 aliphatic carbocycles. The fraction of sp³-hybridized carbons (Fsp3) is 0.273. The highest BCUT2D eigenvalue weighted by atomic mass is 79.9. The predicted molar refractivity (Wildman–Crippen MR) is 66.7 cm³/mol. The number of carboxylic acids is 1. The van der Waals surface area contributed by atoms with Gasteiger partial charge in [-0.1, -0.05) is 0 Å². The Morgan fingerprint density at radius 2 is 2.17 bits per heavy atom. The van der Waals surface area contributed by atoms with Crippen LogP contribution < -0.4 is 10.1 Å². The zero-order chi connectivity index (χ0) is 13.7. The van der Waals surface area contributed by atoms with Gasteiger partial charge in [-0.05, 0) is 34.1 Å². The summed E-state index contributed by atoms with van der Waals surface area (Å²) >= 11 is 3.22. The number of ether oxygens (including phenoxy) is 1. The molecule has 1 unspecified atom stereocenters. The van der Waals surface area contributed by atoms with Gasteiger partial charge in [0.15, 0.2) is 6.04 Å². The second-order valence-electron chi connectivity index (χ2n) is 3.40. The Bertz CT molecular complexity index is 463. The number of amides is 1. The van der Waals surface area contributed by atoms with Crippen molar-refractivity contribution in [2.45, 2.75) is 6.04 Å². The Morgan fingerprint density at radius 1 is 1.50 bits per heavy atom. The Hall–Kier alpha value is -1.60. The normalized spacial score (nSPS) is 11.7. The quantitative estimate of drug-likeness (QED) is 0.740. The topological polar surface area (TPSA) is 95.9 Å². The monoisotopic (exact) mass is 317 g/mol. The van der Waals surface area contributed by atoms with Gasteiger partial charge < -0.3 is 20.3 Å². The van der Waals surface area contributed by atoms with Gasteiger partial charge >= 0.3 is 5.97 Å². The zero-order valence-electron chi connectivity index (χ0n) is 9.51. The number of aliphatic carboxylic acids is 1. The minimum Gasteiger partial charge on any atom is -0.496 e. The van der Waals surface area contributed by atoms with Gasteiger partial charge in [0, 0.05) is 5.56 Å². The van der Waals surface area contributed by atoms with Crippen molar-refractivity contribution < 1.29 is 24.5 Å². The highest BCUT2D eigenvalue weighted by Crippen LogP contribution is 2.25. The van der Waals surface area contributed by atoms with Crippen LogP contribution in [0, 0.1) is 0 Å². The Morgan fingerprint density at radius 3 is 2.61 bits per heavy atom. The van der Waals surface area contributed by atoms with Crippen molar-refractivity contribution >= 4 is 27.8 Å². The molecule has 7 heteroatoms. The molecule has 1 aromatic carbocycles. The van der Waals surface area contributed by atoms with Crippen molar-refractivity contribution in [1.29, 1.82) is 0 Å². The highest BCUT2D eigenvalue weighted by Gasteiger charge is 2.19. The fourth-order valence-corrected chi connectivity index (χ4v) is 1.78. The number of benzene rings is 1. The molecule has 0 aromatic heterocycles. The van der Waals surface area contributed by atoms with Gasteiger partial charge in [0.1, 0.15) is 5.75 Å². The molecule has 0 saturated carbocycles. The first-order valence-electron chi connectivity index (χ1n) is 4.97. The molecule has 0 bridgehead atoms. The van der Waals surface area contributed by atoms with E-state index in [1.165, 1.54) is 19.2 Å². The average molecular weight is 318 g/mol. The molecule has 6 nitrogen and oxygen atoms in total. The smallest absolute Gasteiger partial charge is 0.328 e. The van der Waals surface area contributed by atoms with Gasteiger partial charge in [0.05, 0.1) is 18.2 Å². The van der Waals surface area contributed by atoms with Gasteiger partial charge in [-0.2, -0.15) is 0 Å². The second-order valence-corrected chi connectivity index (χ2v) is 4.25. The lowest BCUT2D eigenvalue weighted by atomic mass is 10.2. The number of carbonyl (C=O) groups excluding carboxylic acids is 1. The number of carboxylic acid groups (broad SMARTS) is 1. The third-order valence-corrected chi connectivity index (χ3v) is 2.82. The van der Waals surface area contributed by atoms with Crippen LogP contribution in [0.5, 0.6) is 5.75 Å². The molecular formula is C11H12BrNO5. The van der Waals surface area contributed by atoms with Crippen LogP contribution in [0.15, 0.2) is 22.7 Å². The number of hydrogen-bond acceptors (Lipinski definition) is 4. The molecule has 0 aliphatic rings. The van der Waals surface area contributed by atoms with Gasteiger partial charge in [-0.15, -0.1) is 0 Å². The predicted octanol–water partition coefficient (Wildman–Crippen LogP) is 0.633. The minimum absolute atomic E-state index is 0.266. The maximum Gasteiger partial charge on any atom is 0.328 e. The van der Waals surface area contributed by atoms with E-state index >= 15 is 0 Å². The number of carbonyl (C=O) groups is 2. The molecule has 3 N–H and O–H groups in total. The van der Waals surface area contributed by atoms with E-state index in [4.69, 9.17) is 14.9 Å². The summed E-state index contributed by atoms with van der Waals surface area (Å²) in [4.78, 5) is 22.4. The lowest BCUT2D eigenvalue weighted by molar-refractivity contribution is -0.140. The van der Waals surface area contributed by atoms with Gasteiger partial charge in [0.2, 0.25) is 0 Å². The number of rotatable bonds is 5. The van der Waals surface area contributed by atoms with Crippen LogP contribution in [0.4, 0.5) is 0 Å². The van der Waals surface area contributed by atoms with Crippen LogP contribution in [-0.4, -0.2) is 41.8 Å². The first-order chi connectivity index (χ1) is 8.49. The van der Waals surface area contributed by atoms with Gasteiger partial charge in [-0.25, -0.2) is 4.79 Å². The van der Waals surface area contributed by atoms with Crippen molar-refractivity contribution in [2.75, 3.05) is 13.7 Å². The zero-order valence-corrected chi connectivity index (χ0v) is 11.1. The summed E-state index contributed by atoms with van der Waals surface area (Å²) < 4.78 is 5.58. The van der Waals surface area contributed by atoms with E-state index in [0.717, 1.165) is 0 Å². The number of nitrogens with one attached hydrogen (secondary N) is 1. The molecule has 1 amide bonds. The molecule has 0 aliphatic heterocycles. The summed E-state index contributed by atoms with van der Waals surface area (Å²) in [5.74, 6) is -1.32. The molecule has 98 valence electrons. The molecule has 0 fully saturated rings. The summed E-state index contributed by atoms with van der Waals surface area (Å²) in [7, 11) is 1.49. The maximum absolute atomic E-state index is 11.7. The first-order valence-corrected chi connectivity index (χ1v) is 5.77. The molecule has 0 spiro atoms. The van der Waals surface area contributed by atoms with Crippen LogP contribution in [-0.2, 0) is 4.79 Å². The number of methoxy groups -OCH3 is 1. The molecule has 0 heterocycles. The maximum atomic E-state index is 11.7. The average Bonchev–Trinajstić information content (AvgIpc) is 2.35. The summed E-state index contributed by atoms with van der Waals surface area (Å²) in [6, 6.07) is 3.26. The first kappa shape index (κ1) is 14.5. The fourth-order valence-electron chi connectivity index (χ4n) is 1.23. The lowest BCUT2D eigenvalue weighted by Gasteiger charge is -2.12. The van der Waals surface area contributed by atoms with Crippen LogP contribution >= 0.6 is 15.9 Å². The van der Waals surface area contributed by atoms with E-state index in [1.807, 2.05) is 0 Å².